The van der Waals surface area contributed by atoms with Crippen LogP contribution < -0.4 is 10.3 Å². The molecule has 1 fully saturated rings. The van der Waals surface area contributed by atoms with Gasteiger partial charge in [-0.25, -0.2) is 8.42 Å². The van der Waals surface area contributed by atoms with E-state index in [9.17, 15) is 23.1 Å². The lowest BCUT2D eigenvalue weighted by Gasteiger charge is -2.33. The van der Waals surface area contributed by atoms with Crippen molar-refractivity contribution in [3.05, 3.63) is 50.9 Å². The first-order chi connectivity index (χ1) is 18.3. The maximum Gasteiger partial charge on any atom is 0.256 e. The van der Waals surface area contributed by atoms with E-state index in [-0.39, 0.29) is 23.5 Å². The Morgan fingerprint density at radius 3 is 2.50 bits per heavy atom. The molecule has 0 spiro atoms. The van der Waals surface area contributed by atoms with Crippen molar-refractivity contribution in [2.75, 3.05) is 45.9 Å². The van der Waals surface area contributed by atoms with Gasteiger partial charge >= 0.3 is 0 Å². The van der Waals surface area contributed by atoms with Gasteiger partial charge in [-0.15, -0.1) is 0 Å². The van der Waals surface area contributed by atoms with Crippen molar-refractivity contribution in [3.8, 4) is 5.75 Å². The fourth-order valence-electron chi connectivity index (χ4n) is 5.07. The number of aliphatic hydroxyl groups excluding tert-OH is 1. The smallest absolute Gasteiger partial charge is 0.256 e. The normalized spacial score (nSPS) is 16.4. The summed E-state index contributed by atoms with van der Waals surface area (Å²) in [4.78, 5) is 31.9. The first kappa shape index (κ1) is 28.2. The first-order valence-corrected chi connectivity index (χ1v) is 14.6. The maximum absolute atomic E-state index is 13.6. The molecule has 2 aromatic rings. The summed E-state index contributed by atoms with van der Waals surface area (Å²) in [5.74, 6) is 0.509. The Morgan fingerprint density at radius 2 is 1.87 bits per heavy atom. The van der Waals surface area contributed by atoms with Gasteiger partial charge in [0.05, 0.1) is 35.2 Å². The zero-order valence-electron chi connectivity index (χ0n) is 22.3. The predicted molar refractivity (Wildman–Crippen MR) is 145 cm³/mol. The van der Waals surface area contributed by atoms with Gasteiger partial charge in [0.15, 0.2) is 6.29 Å². The summed E-state index contributed by atoms with van der Waals surface area (Å²) < 4.78 is 35.9. The molecule has 0 saturated carbocycles. The number of fused-ring (bicyclic) bond motifs is 1. The molecule has 1 aromatic heterocycles. The van der Waals surface area contributed by atoms with E-state index >= 15 is 0 Å². The Bertz CT molecular complexity index is 1390. The van der Waals surface area contributed by atoms with Gasteiger partial charge in [-0.05, 0) is 31.0 Å². The molecule has 0 atom stereocenters. The van der Waals surface area contributed by atoms with Gasteiger partial charge in [-0.1, -0.05) is 20.3 Å². The van der Waals surface area contributed by atoms with Crippen molar-refractivity contribution in [2.45, 2.75) is 44.4 Å². The number of rotatable bonds is 11. The summed E-state index contributed by atoms with van der Waals surface area (Å²) in [6.07, 6.45) is 3.07. The molecular weight excluding hydrogens is 508 g/mol. The second kappa shape index (κ2) is 11.9. The number of piperazine rings is 1. The van der Waals surface area contributed by atoms with E-state index in [1.54, 1.807) is 25.2 Å². The van der Waals surface area contributed by atoms with Crippen LogP contribution in [0.1, 0.15) is 53.9 Å². The van der Waals surface area contributed by atoms with Gasteiger partial charge < -0.3 is 14.4 Å². The molecule has 0 radical (unpaired) electrons. The summed E-state index contributed by atoms with van der Waals surface area (Å²) >= 11 is 0. The Hall–Kier alpha value is -2.86. The number of sulfonamides is 1. The van der Waals surface area contributed by atoms with E-state index in [1.807, 2.05) is 18.7 Å². The van der Waals surface area contributed by atoms with Crippen molar-refractivity contribution in [1.29, 1.82) is 0 Å². The molecular formula is C27H36N4O6S. The van der Waals surface area contributed by atoms with Crippen LogP contribution in [0.3, 0.4) is 0 Å². The van der Waals surface area contributed by atoms with Crippen LogP contribution in [-0.4, -0.2) is 85.2 Å². The zero-order chi connectivity index (χ0) is 27.4. The number of carbonyl (C=O) groups excluding carboxylic acids is 1. The van der Waals surface area contributed by atoms with Gasteiger partial charge in [0.1, 0.15) is 5.75 Å². The topological polar surface area (TPSA) is 122 Å². The van der Waals surface area contributed by atoms with E-state index < -0.39 is 10.0 Å². The molecule has 2 aliphatic rings. The summed E-state index contributed by atoms with van der Waals surface area (Å²) in [6, 6.07) is 4.81. The molecule has 0 amide bonds. The third kappa shape index (κ3) is 5.33. The number of hydrogen-bond donors (Lipinski definition) is 1. The molecule has 38 heavy (non-hydrogen) atoms. The third-order valence-electron chi connectivity index (χ3n) is 7.12. The summed E-state index contributed by atoms with van der Waals surface area (Å²) in [5, 5.41) is 9.18. The highest BCUT2D eigenvalue weighted by Gasteiger charge is 2.31. The number of aliphatic hydroxyl groups is 1. The summed E-state index contributed by atoms with van der Waals surface area (Å²) in [7, 11) is -2.19. The zero-order valence-corrected chi connectivity index (χ0v) is 23.1. The number of pyridine rings is 1. The van der Waals surface area contributed by atoms with Gasteiger partial charge in [0.2, 0.25) is 10.0 Å². The lowest BCUT2D eigenvalue weighted by Crippen LogP contribution is -2.49. The average Bonchev–Trinajstić information content (AvgIpc) is 3.36. The molecule has 0 aliphatic carbocycles. The van der Waals surface area contributed by atoms with Crippen LogP contribution in [0.25, 0.3) is 0 Å². The monoisotopic (exact) mass is 544 g/mol. The number of aldehydes is 1. The summed E-state index contributed by atoms with van der Waals surface area (Å²) in [5.41, 5.74) is 2.88. The molecule has 4 rings (SSSR count). The highest BCUT2D eigenvalue weighted by Crippen LogP contribution is 2.36. The maximum atomic E-state index is 13.6. The minimum Gasteiger partial charge on any atom is -0.493 e. The third-order valence-corrected chi connectivity index (χ3v) is 9.01. The fourth-order valence-corrected chi connectivity index (χ4v) is 6.52. The Balaban J connectivity index is 1.76. The molecule has 0 unspecified atom stereocenters. The predicted octanol–water partition coefficient (Wildman–Crippen LogP) is 1.91. The summed E-state index contributed by atoms with van der Waals surface area (Å²) in [6.45, 7) is 6.77. The Labute approximate surface area is 223 Å². The van der Waals surface area contributed by atoms with Crippen LogP contribution in [0.5, 0.6) is 5.75 Å². The number of ether oxygens (including phenoxy) is 1. The van der Waals surface area contributed by atoms with Crippen molar-refractivity contribution in [3.63, 3.8) is 0 Å². The number of hydrogen-bond acceptors (Lipinski definition) is 8. The van der Waals surface area contributed by atoms with E-state index in [0.717, 1.165) is 18.4 Å². The molecule has 11 heteroatoms. The van der Waals surface area contributed by atoms with Crippen molar-refractivity contribution < 1.29 is 23.1 Å². The van der Waals surface area contributed by atoms with E-state index in [1.165, 1.54) is 8.87 Å². The molecule has 1 aromatic carbocycles. The number of β-amino-alcohol motifs (C(OH)–C–C–N with tert-alkyl or cyclic N) is 1. The van der Waals surface area contributed by atoms with Gasteiger partial charge in [0.25, 0.3) is 5.56 Å². The number of aromatic nitrogens is 1. The first-order valence-electron chi connectivity index (χ1n) is 13.1. The van der Waals surface area contributed by atoms with Crippen LogP contribution in [-0.2, 0) is 29.9 Å². The van der Waals surface area contributed by atoms with Gasteiger partial charge in [-0.2, -0.15) is 4.31 Å². The Kier molecular flexibility index (Phi) is 8.81. The molecule has 206 valence electrons. The van der Waals surface area contributed by atoms with Gasteiger partial charge in [0, 0.05) is 62.9 Å². The van der Waals surface area contributed by atoms with Gasteiger partial charge in [-0.3, -0.25) is 19.5 Å². The number of benzene rings is 1. The number of carbonyl (C=O) groups is 1. The minimum absolute atomic E-state index is 0.0389. The highest BCUT2D eigenvalue weighted by molar-refractivity contribution is 7.89. The quantitative estimate of drug-likeness (QED) is 0.429. The van der Waals surface area contributed by atoms with Crippen molar-refractivity contribution in [2.24, 2.45) is 12.0 Å². The second-order valence-electron chi connectivity index (χ2n) is 9.63. The lowest BCUT2D eigenvalue weighted by molar-refractivity contribution is 0.111. The van der Waals surface area contributed by atoms with E-state index in [4.69, 9.17) is 9.73 Å². The molecule has 2 aliphatic heterocycles. The molecule has 1 N–H and O–H groups in total. The molecule has 0 bridgehead atoms. The Morgan fingerprint density at radius 1 is 1.13 bits per heavy atom. The van der Waals surface area contributed by atoms with Crippen LogP contribution in [0.2, 0.25) is 0 Å². The molecule has 1 saturated heterocycles. The van der Waals surface area contributed by atoms with Crippen LogP contribution in [0, 0.1) is 0 Å². The van der Waals surface area contributed by atoms with Crippen molar-refractivity contribution in [1.82, 2.24) is 13.8 Å². The molecule has 10 nitrogen and oxygen atoms in total. The lowest BCUT2D eigenvalue weighted by atomic mass is 10.00. The second-order valence-corrected chi connectivity index (χ2v) is 11.6. The minimum atomic E-state index is -3.78. The standard InChI is InChI=1S/C27H36N4O6S/c1-4-6-20-24(18-33)29(3)27(34)22-17-23(28-26(20)22)21-16-19(7-8-25(21)37-15-5-2)38(35,36)31-11-9-30(10-12-31)13-14-32/h7-8,16,18,32H,4-6,9-15,17H2,1-3H3. The van der Waals surface area contributed by atoms with Crippen LogP contribution in [0.4, 0.5) is 5.69 Å². The van der Waals surface area contributed by atoms with E-state index in [0.29, 0.717) is 86.0 Å². The van der Waals surface area contributed by atoms with Crippen molar-refractivity contribution >= 4 is 27.7 Å². The highest BCUT2D eigenvalue weighted by atomic mass is 32.2. The van der Waals surface area contributed by atoms with Crippen LogP contribution in [0.15, 0.2) is 32.9 Å². The fraction of sp³-hybridized carbons (Fsp3) is 0.519. The number of aliphatic imine (C=N–C) groups is 1. The largest absolute Gasteiger partial charge is 0.493 e. The SMILES string of the molecule is CCCOc1ccc(S(=O)(=O)N2CCN(CCO)CC2)cc1C1=Nc2c(CCC)c(C=O)n(C)c(=O)c2C1. The van der Waals surface area contributed by atoms with Crippen LogP contribution >= 0.6 is 0 Å². The average molecular weight is 545 g/mol. The van der Waals surface area contributed by atoms with E-state index in [2.05, 4.69) is 0 Å². The number of nitrogens with zero attached hydrogens (tertiary/aromatic N) is 4. The molecule has 3 heterocycles.